The predicted octanol–water partition coefficient (Wildman–Crippen LogP) is -1.01. The minimum atomic E-state index is -0.558. The Kier molecular flexibility index (Phi) is 5.09. The average Bonchev–Trinajstić information content (AvgIpc) is 2.01. The summed E-state index contributed by atoms with van der Waals surface area (Å²) >= 11 is 0. The van der Waals surface area contributed by atoms with Gasteiger partial charge in [0.25, 0.3) is 0 Å². The van der Waals surface area contributed by atoms with Crippen molar-refractivity contribution in [1.29, 1.82) is 0 Å². The molecule has 0 spiro atoms. The van der Waals surface area contributed by atoms with Gasteiger partial charge in [-0.1, -0.05) is 0 Å². The van der Waals surface area contributed by atoms with Gasteiger partial charge in [-0.05, 0) is 6.92 Å². The molecule has 6 heteroatoms. The van der Waals surface area contributed by atoms with Crippen LogP contribution in [0.15, 0.2) is 11.9 Å². The minimum absolute atomic E-state index is 0.0219. The van der Waals surface area contributed by atoms with Gasteiger partial charge in [-0.15, -0.1) is 0 Å². The van der Waals surface area contributed by atoms with E-state index in [4.69, 9.17) is 5.73 Å². The molecule has 0 rings (SSSR count). The van der Waals surface area contributed by atoms with Gasteiger partial charge in [-0.3, -0.25) is 15.6 Å². The Balaban J connectivity index is 3.87. The van der Waals surface area contributed by atoms with Gasteiger partial charge in [0.1, 0.15) is 5.82 Å². The van der Waals surface area contributed by atoms with E-state index in [-0.39, 0.29) is 18.3 Å². The molecular weight excluding hydrogens is 174 g/mol. The Hall–Kier alpha value is -1.72. The fourth-order valence-corrected chi connectivity index (χ4v) is 0.507. The third-order valence-corrected chi connectivity index (χ3v) is 0.943. The van der Waals surface area contributed by atoms with Gasteiger partial charge in [0.2, 0.25) is 5.91 Å². The molecular formula is C7H13N3O3. The first-order valence-electron chi connectivity index (χ1n) is 3.72. The quantitative estimate of drug-likeness (QED) is 0.298. The van der Waals surface area contributed by atoms with E-state index in [2.05, 4.69) is 15.6 Å². The zero-order valence-corrected chi connectivity index (χ0v) is 7.59. The van der Waals surface area contributed by atoms with Crippen molar-refractivity contribution < 1.29 is 14.3 Å². The van der Waals surface area contributed by atoms with Crippen LogP contribution >= 0.6 is 0 Å². The maximum Gasteiger partial charge on any atom is 0.334 e. The van der Waals surface area contributed by atoms with E-state index >= 15 is 0 Å². The van der Waals surface area contributed by atoms with Crippen LogP contribution in [0.25, 0.3) is 0 Å². The molecule has 0 atom stereocenters. The SMILES string of the molecule is CCOC(=O)/C=C(\N)NNC(C)=O. The molecule has 0 saturated heterocycles. The van der Waals surface area contributed by atoms with Crippen molar-refractivity contribution in [2.24, 2.45) is 5.73 Å². The Morgan fingerprint density at radius 1 is 1.46 bits per heavy atom. The van der Waals surface area contributed by atoms with Crippen LogP contribution in [0, 0.1) is 0 Å². The van der Waals surface area contributed by atoms with Gasteiger partial charge in [-0.25, -0.2) is 4.79 Å². The standard InChI is InChI=1S/C7H13N3O3/c1-3-13-7(12)4-6(8)10-9-5(2)11/h4,10H,3,8H2,1-2H3,(H,9,11)/b6-4+. The minimum Gasteiger partial charge on any atom is -0.463 e. The monoisotopic (exact) mass is 187 g/mol. The van der Waals surface area contributed by atoms with Gasteiger partial charge in [0.05, 0.1) is 12.7 Å². The van der Waals surface area contributed by atoms with Crippen molar-refractivity contribution in [1.82, 2.24) is 10.9 Å². The van der Waals surface area contributed by atoms with Gasteiger partial charge in [0.15, 0.2) is 0 Å². The molecule has 0 unspecified atom stereocenters. The lowest BCUT2D eigenvalue weighted by atomic mass is 10.5. The number of amides is 1. The van der Waals surface area contributed by atoms with Crippen molar-refractivity contribution in [2.75, 3.05) is 6.61 Å². The Bertz CT molecular complexity index is 225. The number of nitrogens with one attached hydrogen (secondary N) is 2. The summed E-state index contributed by atoms with van der Waals surface area (Å²) in [6, 6.07) is 0. The molecule has 0 aromatic heterocycles. The lowest BCUT2D eigenvalue weighted by molar-refractivity contribution is -0.137. The fraction of sp³-hybridized carbons (Fsp3) is 0.429. The predicted molar refractivity (Wildman–Crippen MR) is 45.9 cm³/mol. The number of carbonyl (C=O) groups excluding carboxylic acids is 2. The summed E-state index contributed by atoms with van der Waals surface area (Å²) in [5.74, 6) is -0.841. The van der Waals surface area contributed by atoms with Gasteiger partial charge >= 0.3 is 5.97 Å². The lowest BCUT2D eigenvalue weighted by Gasteiger charge is -2.05. The number of ether oxygens (including phenoxy) is 1. The zero-order valence-electron chi connectivity index (χ0n) is 7.59. The smallest absolute Gasteiger partial charge is 0.334 e. The first-order chi connectivity index (χ1) is 6.06. The van der Waals surface area contributed by atoms with E-state index in [0.29, 0.717) is 0 Å². The first-order valence-corrected chi connectivity index (χ1v) is 3.72. The molecule has 0 radical (unpaired) electrons. The van der Waals surface area contributed by atoms with Crippen LogP contribution in [0.4, 0.5) is 0 Å². The van der Waals surface area contributed by atoms with E-state index in [1.165, 1.54) is 6.92 Å². The number of nitrogens with two attached hydrogens (primary N) is 1. The molecule has 0 aliphatic rings. The van der Waals surface area contributed by atoms with Gasteiger partial charge in [-0.2, -0.15) is 0 Å². The average molecular weight is 187 g/mol. The number of rotatable bonds is 4. The van der Waals surface area contributed by atoms with E-state index in [1.807, 2.05) is 0 Å². The summed E-state index contributed by atoms with van der Waals surface area (Å²) in [7, 11) is 0. The normalized spacial score (nSPS) is 10.5. The van der Waals surface area contributed by atoms with Crippen molar-refractivity contribution in [3.63, 3.8) is 0 Å². The molecule has 0 heterocycles. The van der Waals surface area contributed by atoms with Crippen LogP contribution in [0.1, 0.15) is 13.8 Å². The highest BCUT2D eigenvalue weighted by Gasteiger charge is 1.98. The molecule has 13 heavy (non-hydrogen) atoms. The number of hydrogen-bond acceptors (Lipinski definition) is 5. The van der Waals surface area contributed by atoms with Crippen molar-refractivity contribution in [3.05, 3.63) is 11.9 Å². The van der Waals surface area contributed by atoms with Crippen molar-refractivity contribution in [3.8, 4) is 0 Å². The van der Waals surface area contributed by atoms with Crippen molar-refractivity contribution in [2.45, 2.75) is 13.8 Å². The third kappa shape index (κ3) is 6.67. The lowest BCUT2D eigenvalue weighted by Crippen LogP contribution is -2.38. The molecule has 0 aliphatic carbocycles. The molecule has 1 amide bonds. The molecule has 0 fully saturated rings. The third-order valence-electron chi connectivity index (χ3n) is 0.943. The number of carbonyl (C=O) groups is 2. The van der Waals surface area contributed by atoms with Crippen LogP contribution in [-0.4, -0.2) is 18.5 Å². The molecule has 6 nitrogen and oxygen atoms in total. The summed E-state index contributed by atoms with van der Waals surface area (Å²) in [5.41, 5.74) is 9.80. The summed E-state index contributed by atoms with van der Waals surface area (Å²) < 4.78 is 4.57. The van der Waals surface area contributed by atoms with Gasteiger partial charge < -0.3 is 10.5 Å². The molecule has 0 aromatic rings. The summed E-state index contributed by atoms with van der Waals surface area (Å²) in [6.07, 6.45) is 1.04. The number of hydrogen-bond donors (Lipinski definition) is 3. The molecule has 4 N–H and O–H groups in total. The number of esters is 1. The summed E-state index contributed by atoms with van der Waals surface area (Å²) in [4.78, 5) is 21.2. The maximum atomic E-state index is 10.8. The molecule has 0 aliphatic heterocycles. The molecule has 0 bridgehead atoms. The van der Waals surface area contributed by atoms with Crippen molar-refractivity contribution >= 4 is 11.9 Å². The van der Waals surface area contributed by atoms with Crippen LogP contribution < -0.4 is 16.6 Å². The highest BCUT2D eigenvalue weighted by atomic mass is 16.5. The highest BCUT2D eigenvalue weighted by Crippen LogP contribution is 1.82. The Morgan fingerprint density at radius 2 is 2.08 bits per heavy atom. The summed E-state index contributed by atoms with van der Waals surface area (Å²) in [6.45, 7) is 3.27. The van der Waals surface area contributed by atoms with E-state index in [0.717, 1.165) is 6.08 Å². The Morgan fingerprint density at radius 3 is 2.54 bits per heavy atom. The van der Waals surface area contributed by atoms with Crippen LogP contribution in [0.5, 0.6) is 0 Å². The zero-order chi connectivity index (χ0) is 10.3. The summed E-state index contributed by atoms with van der Waals surface area (Å²) in [5, 5.41) is 0. The molecule has 74 valence electrons. The van der Waals surface area contributed by atoms with Crippen LogP contribution in [0.2, 0.25) is 0 Å². The number of hydrazine groups is 1. The van der Waals surface area contributed by atoms with Gasteiger partial charge in [0, 0.05) is 6.92 Å². The highest BCUT2D eigenvalue weighted by molar-refractivity contribution is 5.82. The second kappa shape index (κ2) is 5.87. The molecule has 0 saturated carbocycles. The fourth-order valence-electron chi connectivity index (χ4n) is 0.507. The Labute approximate surface area is 76.1 Å². The van der Waals surface area contributed by atoms with E-state index < -0.39 is 5.97 Å². The largest absolute Gasteiger partial charge is 0.463 e. The maximum absolute atomic E-state index is 10.8. The molecule has 0 aromatic carbocycles. The van der Waals surface area contributed by atoms with Crippen LogP contribution in [0.3, 0.4) is 0 Å². The van der Waals surface area contributed by atoms with Crippen LogP contribution in [-0.2, 0) is 14.3 Å². The van der Waals surface area contributed by atoms with E-state index in [9.17, 15) is 9.59 Å². The first kappa shape index (κ1) is 11.3. The second-order valence-electron chi connectivity index (χ2n) is 2.16. The second-order valence-corrected chi connectivity index (χ2v) is 2.16. The topological polar surface area (TPSA) is 93.4 Å². The van der Waals surface area contributed by atoms with E-state index in [1.54, 1.807) is 6.92 Å².